The minimum atomic E-state index is -0.0482. The van der Waals surface area contributed by atoms with Gasteiger partial charge in [0.25, 0.3) is 5.91 Å². The third-order valence-electron chi connectivity index (χ3n) is 2.63. The first-order chi connectivity index (χ1) is 9.15. The number of thioether (sulfide) groups is 1. The number of rotatable bonds is 4. The number of benzene rings is 1. The SMILES string of the molecule is CN(C)c1ccc(/C=C/C=C/C2=NC(=O)CS2)cc1. The normalized spacial score (nSPS) is 15.5. The van der Waals surface area contributed by atoms with E-state index in [4.69, 9.17) is 0 Å². The van der Waals surface area contributed by atoms with Crippen LogP contribution in [0.15, 0.2) is 47.5 Å². The maximum atomic E-state index is 10.9. The molecule has 0 atom stereocenters. The summed E-state index contributed by atoms with van der Waals surface area (Å²) in [6.07, 6.45) is 7.75. The minimum Gasteiger partial charge on any atom is -0.378 e. The van der Waals surface area contributed by atoms with Crippen LogP contribution in [0.2, 0.25) is 0 Å². The maximum absolute atomic E-state index is 10.9. The molecule has 1 aromatic rings. The van der Waals surface area contributed by atoms with Crippen molar-refractivity contribution >= 4 is 34.5 Å². The van der Waals surface area contributed by atoms with Crippen molar-refractivity contribution in [1.82, 2.24) is 0 Å². The van der Waals surface area contributed by atoms with Gasteiger partial charge in [0.05, 0.1) is 5.75 Å². The molecule has 0 fully saturated rings. The highest BCUT2D eigenvalue weighted by atomic mass is 32.2. The van der Waals surface area contributed by atoms with E-state index in [1.807, 2.05) is 38.4 Å². The summed E-state index contributed by atoms with van der Waals surface area (Å²) >= 11 is 1.48. The Morgan fingerprint density at radius 3 is 2.42 bits per heavy atom. The molecule has 0 N–H and O–H groups in total. The maximum Gasteiger partial charge on any atom is 0.257 e. The van der Waals surface area contributed by atoms with Gasteiger partial charge < -0.3 is 4.90 Å². The lowest BCUT2D eigenvalue weighted by molar-refractivity contribution is -0.115. The first-order valence-electron chi connectivity index (χ1n) is 6.01. The van der Waals surface area contributed by atoms with E-state index in [1.54, 1.807) is 0 Å². The van der Waals surface area contributed by atoms with Crippen molar-refractivity contribution in [2.45, 2.75) is 0 Å². The number of hydrogen-bond acceptors (Lipinski definition) is 3. The lowest BCUT2D eigenvalue weighted by atomic mass is 10.2. The van der Waals surface area contributed by atoms with Gasteiger partial charge in [-0.15, -0.1) is 0 Å². The average Bonchev–Trinajstić information content (AvgIpc) is 2.81. The van der Waals surface area contributed by atoms with Gasteiger partial charge in [0, 0.05) is 19.8 Å². The standard InChI is InChI=1S/C15H16N2OS/c1-17(2)13-9-7-12(8-10-13)5-3-4-6-15-16-14(18)11-19-15/h3-10H,11H2,1-2H3/b5-3+,6-4+. The third-order valence-corrected chi connectivity index (χ3v) is 3.54. The van der Waals surface area contributed by atoms with Gasteiger partial charge in [0.2, 0.25) is 0 Å². The molecule has 1 amide bonds. The predicted molar refractivity (Wildman–Crippen MR) is 83.8 cm³/mol. The lowest BCUT2D eigenvalue weighted by Gasteiger charge is -2.11. The van der Waals surface area contributed by atoms with Gasteiger partial charge in [-0.25, -0.2) is 4.99 Å². The van der Waals surface area contributed by atoms with Gasteiger partial charge in [-0.05, 0) is 23.8 Å². The molecule has 0 spiro atoms. The molecular formula is C15H16N2OS. The Hall–Kier alpha value is -1.81. The Morgan fingerprint density at radius 2 is 1.84 bits per heavy atom. The van der Waals surface area contributed by atoms with Gasteiger partial charge in [0.1, 0.15) is 5.04 Å². The Bertz CT molecular complexity index is 542. The van der Waals surface area contributed by atoms with Crippen LogP contribution in [0.1, 0.15) is 5.56 Å². The molecule has 0 aromatic heterocycles. The molecule has 0 saturated heterocycles. The lowest BCUT2D eigenvalue weighted by Crippen LogP contribution is -2.07. The largest absolute Gasteiger partial charge is 0.378 e. The Morgan fingerprint density at radius 1 is 1.16 bits per heavy atom. The van der Waals surface area contributed by atoms with Crippen molar-refractivity contribution in [2.24, 2.45) is 4.99 Å². The summed E-state index contributed by atoms with van der Waals surface area (Å²) in [5, 5.41) is 0.789. The number of allylic oxidation sites excluding steroid dienone is 2. The summed E-state index contributed by atoms with van der Waals surface area (Å²) in [5.74, 6) is 0.419. The number of carbonyl (C=O) groups is 1. The highest BCUT2D eigenvalue weighted by molar-refractivity contribution is 8.15. The molecule has 1 heterocycles. The van der Waals surface area contributed by atoms with Crippen LogP contribution in [0.3, 0.4) is 0 Å². The van der Waals surface area contributed by atoms with E-state index >= 15 is 0 Å². The second-order valence-electron chi connectivity index (χ2n) is 4.34. The number of carbonyl (C=O) groups excluding carboxylic acids is 1. The molecular weight excluding hydrogens is 256 g/mol. The van der Waals surface area contributed by atoms with Crippen molar-refractivity contribution < 1.29 is 4.79 Å². The van der Waals surface area contributed by atoms with Crippen LogP contribution in [-0.4, -0.2) is 30.8 Å². The van der Waals surface area contributed by atoms with Gasteiger partial charge in [-0.2, -0.15) is 0 Å². The van der Waals surface area contributed by atoms with Crippen molar-refractivity contribution in [3.05, 3.63) is 48.1 Å². The van der Waals surface area contributed by atoms with Crippen LogP contribution in [0.25, 0.3) is 6.08 Å². The van der Waals surface area contributed by atoms with Crippen LogP contribution in [-0.2, 0) is 4.79 Å². The fourth-order valence-corrected chi connectivity index (χ4v) is 2.27. The highest BCUT2D eigenvalue weighted by Crippen LogP contribution is 2.15. The summed E-state index contributed by atoms with van der Waals surface area (Å²) in [6.45, 7) is 0. The van der Waals surface area contributed by atoms with E-state index in [-0.39, 0.29) is 5.91 Å². The molecule has 0 unspecified atom stereocenters. The second-order valence-corrected chi connectivity index (χ2v) is 5.33. The molecule has 1 aliphatic rings. The van der Waals surface area contributed by atoms with Crippen molar-refractivity contribution in [1.29, 1.82) is 0 Å². The van der Waals surface area contributed by atoms with Crippen LogP contribution >= 0.6 is 11.8 Å². The molecule has 0 aliphatic carbocycles. The number of hydrogen-bond donors (Lipinski definition) is 0. The Kier molecular flexibility index (Phi) is 4.58. The topological polar surface area (TPSA) is 32.7 Å². The number of aliphatic imine (C=N–C) groups is 1. The number of anilines is 1. The molecule has 4 heteroatoms. The molecule has 98 valence electrons. The van der Waals surface area contributed by atoms with E-state index in [9.17, 15) is 4.79 Å². The number of amides is 1. The van der Waals surface area contributed by atoms with Gasteiger partial charge in [0.15, 0.2) is 0 Å². The second kappa shape index (κ2) is 6.38. The number of nitrogens with zero attached hydrogens (tertiary/aromatic N) is 2. The summed E-state index contributed by atoms with van der Waals surface area (Å²) in [5.41, 5.74) is 2.33. The van der Waals surface area contributed by atoms with E-state index in [0.29, 0.717) is 5.75 Å². The van der Waals surface area contributed by atoms with Crippen molar-refractivity contribution in [2.75, 3.05) is 24.7 Å². The smallest absolute Gasteiger partial charge is 0.257 e. The minimum absolute atomic E-state index is 0.0482. The van der Waals surface area contributed by atoms with Crippen LogP contribution in [0.4, 0.5) is 5.69 Å². The zero-order valence-electron chi connectivity index (χ0n) is 11.0. The highest BCUT2D eigenvalue weighted by Gasteiger charge is 2.10. The quantitative estimate of drug-likeness (QED) is 0.790. The summed E-state index contributed by atoms with van der Waals surface area (Å²) in [6, 6.07) is 8.31. The fourth-order valence-electron chi connectivity index (χ4n) is 1.60. The van der Waals surface area contributed by atoms with Crippen LogP contribution < -0.4 is 4.90 Å². The van der Waals surface area contributed by atoms with Crippen molar-refractivity contribution in [3.8, 4) is 0 Å². The van der Waals surface area contributed by atoms with Crippen LogP contribution in [0, 0.1) is 0 Å². The summed E-state index contributed by atoms with van der Waals surface area (Å²) in [4.78, 5) is 16.9. The predicted octanol–water partition coefficient (Wildman–Crippen LogP) is 2.99. The molecule has 1 aliphatic heterocycles. The molecule has 0 radical (unpaired) electrons. The van der Waals surface area contributed by atoms with E-state index in [2.05, 4.69) is 34.2 Å². The summed E-state index contributed by atoms with van der Waals surface area (Å²) in [7, 11) is 4.05. The van der Waals surface area contributed by atoms with E-state index < -0.39 is 0 Å². The first kappa shape index (κ1) is 13.6. The first-order valence-corrected chi connectivity index (χ1v) is 7.00. The van der Waals surface area contributed by atoms with Gasteiger partial charge >= 0.3 is 0 Å². The zero-order valence-corrected chi connectivity index (χ0v) is 11.9. The monoisotopic (exact) mass is 272 g/mol. The molecule has 0 saturated carbocycles. The van der Waals surface area contributed by atoms with Crippen molar-refractivity contribution in [3.63, 3.8) is 0 Å². The van der Waals surface area contributed by atoms with E-state index in [1.165, 1.54) is 17.4 Å². The Balaban J connectivity index is 1.93. The van der Waals surface area contributed by atoms with E-state index in [0.717, 1.165) is 10.6 Å². The fraction of sp³-hybridized carbons (Fsp3) is 0.200. The summed E-state index contributed by atoms with van der Waals surface area (Å²) < 4.78 is 0. The molecule has 0 bridgehead atoms. The average molecular weight is 272 g/mol. The molecule has 3 nitrogen and oxygen atoms in total. The zero-order chi connectivity index (χ0) is 13.7. The third kappa shape index (κ3) is 4.10. The molecule has 1 aromatic carbocycles. The molecule has 19 heavy (non-hydrogen) atoms. The molecule has 2 rings (SSSR count). The van der Waals surface area contributed by atoms with Crippen LogP contribution in [0.5, 0.6) is 0 Å². The van der Waals surface area contributed by atoms with Gasteiger partial charge in [-0.1, -0.05) is 42.1 Å². The Labute approximate surface area is 117 Å². The van der Waals surface area contributed by atoms with Gasteiger partial charge in [-0.3, -0.25) is 4.79 Å².